The topological polar surface area (TPSA) is 29.5 Å². The summed E-state index contributed by atoms with van der Waals surface area (Å²) in [5.74, 6) is 1.46. The van der Waals surface area contributed by atoms with Gasteiger partial charge in [0.25, 0.3) is 5.91 Å². The molecule has 0 atom stereocenters. The first kappa shape index (κ1) is 19.4. The largest absolute Gasteiger partial charge is 0.457 e. The van der Waals surface area contributed by atoms with E-state index >= 15 is 0 Å². The molecule has 1 saturated heterocycles. The number of hydrogen-bond acceptors (Lipinski definition) is 4. The fourth-order valence-electron chi connectivity index (χ4n) is 3.02. The van der Waals surface area contributed by atoms with Crippen LogP contribution < -0.4 is 4.74 Å². The molecule has 144 valence electrons. The third kappa shape index (κ3) is 4.94. The van der Waals surface area contributed by atoms with Gasteiger partial charge in [-0.2, -0.15) is 0 Å². The molecule has 0 bridgehead atoms. The number of rotatable bonds is 6. The number of benzene rings is 3. The molecule has 1 amide bonds. The van der Waals surface area contributed by atoms with E-state index in [1.54, 1.807) is 4.90 Å². The Kier molecular flexibility index (Phi) is 6.08. The average molecular weight is 418 g/mol. The van der Waals surface area contributed by atoms with Gasteiger partial charge in [0.05, 0.1) is 4.91 Å². The van der Waals surface area contributed by atoms with Crippen molar-refractivity contribution in [2.45, 2.75) is 6.42 Å². The van der Waals surface area contributed by atoms with Crippen LogP contribution >= 0.6 is 24.0 Å². The van der Waals surface area contributed by atoms with Crippen LogP contribution in [0.25, 0.3) is 6.08 Å². The summed E-state index contributed by atoms with van der Waals surface area (Å²) in [6, 6.07) is 27.4. The first-order valence-electron chi connectivity index (χ1n) is 9.31. The Labute approximate surface area is 180 Å². The molecular formula is C24H19NO2S2. The summed E-state index contributed by atoms with van der Waals surface area (Å²) >= 11 is 6.79. The Hall–Kier alpha value is -2.89. The van der Waals surface area contributed by atoms with E-state index in [1.807, 2.05) is 78.9 Å². The summed E-state index contributed by atoms with van der Waals surface area (Å²) in [6.45, 7) is 0.586. The minimum Gasteiger partial charge on any atom is -0.457 e. The SMILES string of the molecule is O=C1C(=Cc2cccc(Oc3ccccc3)c2)SC(=S)N1CCc1ccccc1. The summed E-state index contributed by atoms with van der Waals surface area (Å²) in [5.41, 5.74) is 2.10. The fraction of sp³-hybridized carbons (Fsp3) is 0.0833. The molecule has 1 fully saturated rings. The average Bonchev–Trinajstić information content (AvgIpc) is 3.01. The van der Waals surface area contributed by atoms with Gasteiger partial charge in [-0.25, -0.2) is 0 Å². The minimum atomic E-state index is -0.0367. The van der Waals surface area contributed by atoms with Gasteiger partial charge in [-0.1, -0.05) is 84.6 Å². The van der Waals surface area contributed by atoms with Crippen LogP contribution in [0.15, 0.2) is 89.8 Å². The van der Waals surface area contributed by atoms with Gasteiger partial charge in [0, 0.05) is 6.54 Å². The minimum absolute atomic E-state index is 0.0367. The Bertz CT molecular complexity index is 1050. The number of ether oxygens (including phenoxy) is 1. The van der Waals surface area contributed by atoms with Crippen molar-refractivity contribution in [1.82, 2.24) is 4.90 Å². The number of hydrogen-bond donors (Lipinski definition) is 0. The molecule has 1 aliphatic rings. The molecule has 4 rings (SSSR count). The summed E-state index contributed by atoms with van der Waals surface area (Å²) in [4.78, 5) is 15.2. The molecule has 0 aromatic heterocycles. The molecule has 0 unspecified atom stereocenters. The molecule has 0 spiro atoms. The van der Waals surface area contributed by atoms with Crippen molar-refractivity contribution in [3.8, 4) is 11.5 Å². The quantitative estimate of drug-likeness (QED) is 0.368. The van der Waals surface area contributed by atoms with Gasteiger partial charge in [-0.05, 0) is 47.9 Å². The van der Waals surface area contributed by atoms with Crippen molar-refractivity contribution < 1.29 is 9.53 Å². The molecule has 0 N–H and O–H groups in total. The van der Waals surface area contributed by atoms with Crippen molar-refractivity contribution in [1.29, 1.82) is 0 Å². The lowest BCUT2D eigenvalue weighted by atomic mass is 10.1. The molecule has 3 nitrogen and oxygen atoms in total. The Balaban J connectivity index is 1.46. The zero-order valence-corrected chi connectivity index (χ0v) is 17.3. The second kappa shape index (κ2) is 9.07. The lowest BCUT2D eigenvalue weighted by molar-refractivity contribution is -0.122. The number of thioether (sulfide) groups is 1. The molecule has 29 heavy (non-hydrogen) atoms. The lowest BCUT2D eigenvalue weighted by Gasteiger charge is -2.14. The maximum absolute atomic E-state index is 12.8. The summed E-state index contributed by atoms with van der Waals surface area (Å²) in [5, 5.41) is 0. The van der Waals surface area contributed by atoms with Crippen LogP contribution in [0.2, 0.25) is 0 Å². The molecule has 0 radical (unpaired) electrons. The molecule has 3 aromatic carbocycles. The maximum atomic E-state index is 12.8. The van der Waals surface area contributed by atoms with E-state index in [0.29, 0.717) is 15.8 Å². The van der Waals surface area contributed by atoms with Crippen LogP contribution in [0.3, 0.4) is 0 Å². The number of carbonyl (C=O) groups excluding carboxylic acids is 1. The molecule has 0 saturated carbocycles. The van der Waals surface area contributed by atoms with E-state index in [9.17, 15) is 4.79 Å². The monoisotopic (exact) mass is 417 g/mol. The Morgan fingerprint density at radius 2 is 1.59 bits per heavy atom. The van der Waals surface area contributed by atoms with Crippen LogP contribution in [-0.2, 0) is 11.2 Å². The highest BCUT2D eigenvalue weighted by Crippen LogP contribution is 2.33. The summed E-state index contributed by atoms with van der Waals surface area (Å²) in [7, 11) is 0. The number of nitrogens with zero attached hydrogens (tertiary/aromatic N) is 1. The van der Waals surface area contributed by atoms with Gasteiger partial charge >= 0.3 is 0 Å². The second-order valence-corrected chi connectivity index (χ2v) is 8.23. The number of carbonyl (C=O) groups is 1. The first-order chi connectivity index (χ1) is 14.2. The summed E-state index contributed by atoms with van der Waals surface area (Å²) in [6.07, 6.45) is 2.65. The highest BCUT2D eigenvalue weighted by molar-refractivity contribution is 8.26. The normalized spacial score (nSPS) is 15.2. The van der Waals surface area contributed by atoms with Crippen LogP contribution in [0, 0.1) is 0 Å². The molecular weight excluding hydrogens is 398 g/mol. The van der Waals surface area contributed by atoms with E-state index in [0.717, 1.165) is 23.5 Å². The molecule has 5 heteroatoms. The van der Waals surface area contributed by atoms with E-state index in [1.165, 1.54) is 17.3 Å². The number of para-hydroxylation sites is 1. The predicted molar refractivity (Wildman–Crippen MR) is 123 cm³/mol. The smallest absolute Gasteiger partial charge is 0.266 e. The number of thiocarbonyl (C=S) groups is 1. The van der Waals surface area contributed by atoms with Crippen LogP contribution in [0.5, 0.6) is 11.5 Å². The van der Waals surface area contributed by atoms with E-state index in [4.69, 9.17) is 17.0 Å². The first-order valence-corrected chi connectivity index (χ1v) is 10.5. The van der Waals surface area contributed by atoms with Gasteiger partial charge in [-0.3, -0.25) is 9.69 Å². The highest BCUT2D eigenvalue weighted by atomic mass is 32.2. The highest BCUT2D eigenvalue weighted by Gasteiger charge is 2.31. The van der Waals surface area contributed by atoms with Crippen LogP contribution in [0.1, 0.15) is 11.1 Å². The molecule has 1 heterocycles. The van der Waals surface area contributed by atoms with Crippen LogP contribution in [0.4, 0.5) is 0 Å². The van der Waals surface area contributed by atoms with E-state index < -0.39 is 0 Å². The van der Waals surface area contributed by atoms with Crippen molar-refractivity contribution in [3.05, 3.63) is 101 Å². The molecule has 3 aromatic rings. The van der Waals surface area contributed by atoms with E-state index in [-0.39, 0.29) is 5.91 Å². The van der Waals surface area contributed by atoms with Crippen molar-refractivity contribution in [2.24, 2.45) is 0 Å². The fourth-order valence-corrected chi connectivity index (χ4v) is 4.33. The van der Waals surface area contributed by atoms with E-state index in [2.05, 4.69) is 12.1 Å². The predicted octanol–water partition coefficient (Wildman–Crippen LogP) is 5.92. The van der Waals surface area contributed by atoms with Gasteiger partial charge in [0.1, 0.15) is 15.8 Å². The third-order valence-corrected chi connectivity index (χ3v) is 5.85. The van der Waals surface area contributed by atoms with Gasteiger partial charge in [0.2, 0.25) is 0 Å². The third-order valence-electron chi connectivity index (χ3n) is 4.48. The van der Waals surface area contributed by atoms with Crippen LogP contribution in [-0.4, -0.2) is 21.7 Å². The zero-order valence-electron chi connectivity index (χ0n) is 15.7. The summed E-state index contributed by atoms with van der Waals surface area (Å²) < 4.78 is 6.49. The lowest BCUT2D eigenvalue weighted by Crippen LogP contribution is -2.30. The molecule has 0 aliphatic carbocycles. The van der Waals surface area contributed by atoms with Gasteiger partial charge in [0.15, 0.2) is 0 Å². The zero-order chi connectivity index (χ0) is 20.1. The molecule has 1 aliphatic heterocycles. The van der Waals surface area contributed by atoms with Crippen molar-refractivity contribution in [3.63, 3.8) is 0 Å². The standard InChI is InChI=1S/C24H19NO2S2/c26-23-22(29-24(28)25(23)15-14-18-8-3-1-4-9-18)17-19-10-7-13-21(16-19)27-20-11-5-2-6-12-20/h1-13,16-17H,14-15H2. The Morgan fingerprint density at radius 1 is 0.897 bits per heavy atom. The second-order valence-electron chi connectivity index (χ2n) is 6.56. The van der Waals surface area contributed by atoms with Gasteiger partial charge < -0.3 is 4.74 Å². The van der Waals surface area contributed by atoms with Gasteiger partial charge in [-0.15, -0.1) is 0 Å². The Morgan fingerprint density at radius 3 is 2.34 bits per heavy atom. The maximum Gasteiger partial charge on any atom is 0.266 e. The van der Waals surface area contributed by atoms with Crippen molar-refractivity contribution in [2.75, 3.05) is 6.54 Å². The number of amides is 1. The van der Waals surface area contributed by atoms with Crippen molar-refractivity contribution >= 4 is 40.3 Å².